The van der Waals surface area contributed by atoms with Crippen LogP contribution in [0.3, 0.4) is 0 Å². The highest BCUT2D eigenvalue weighted by Gasteiger charge is 2.11. The molecule has 0 aliphatic rings. The van der Waals surface area contributed by atoms with Crippen molar-refractivity contribution in [3.8, 4) is 11.3 Å². The fourth-order valence-electron chi connectivity index (χ4n) is 2.74. The van der Waals surface area contributed by atoms with Gasteiger partial charge >= 0.3 is 0 Å². The molecule has 0 spiro atoms. The van der Waals surface area contributed by atoms with Gasteiger partial charge in [-0.3, -0.25) is 9.20 Å². The zero-order chi connectivity index (χ0) is 17.2. The molecule has 3 aromatic heterocycles. The van der Waals surface area contributed by atoms with Crippen molar-refractivity contribution in [1.82, 2.24) is 14.4 Å². The summed E-state index contributed by atoms with van der Waals surface area (Å²) in [5.74, 6) is 1.54. The molecule has 0 atom stereocenters. The van der Waals surface area contributed by atoms with Crippen LogP contribution in [0.4, 0.5) is 5.82 Å². The van der Waals surface area contributed by atoms with Gasteiger partial charge in [-0.2, -0.15) is 0 Å². The van der Waals surface area contributed by atoms with Crippen molar-refractivity contribution in [3.63, 3.8) is 0 Å². The van der Waals surface area contributed by atoms with E-state index in [0.717, 1.165) is 22.7 Å². The average Bonchev–Trinajstić information content (AvgIpc) is 3.30. The Morgan fingerprint density at radius 1 is 1.24 bits per heavy atom. The molecule has 3 heterocycles. The Kier molecular flexibility index (Phi) is 3.78. The summed E-state index contributed by atoms with van der Waals surface area (Å²) in [4.78, 5) is 20.5. The molecule has 0 aliphatic carbocycles. The van der Waals surface area contributed by atoms with E-state index in [9.17, 15) is 4.79 Å². The molecule has 1 N–H and O–H groups in total. The van der Waals surface area contributed by atoms with E-state index in [4.69, 9.17) is 4.42 Å². The van der Waals surface area contributed by atoms with Crippen LogP contribution in [0.1, 0.15) is 23.0 Å². The van der Waals surface area contributed by atoms with Gasteiger partial charge in [0.1, 0.15) is 5.76 Å². The molecular formula is C19H16N4O2. The number of aromatic nitrogens is 3. The van der Waals surface area contributed by atoms with Gasteiger partial charge in [0.25, 0.3) is 0 Å². The molecule has 0 unspecified atom stereocenters. The molecular weight excluding hydrogens is 316 g/mol. The van der Waals surface area contributed by atoms with Crippen LogP contribution in [0.5, 0.6) is 0 Å². The average molecular weight is 332 g/mol. The number of Topliss-reactive ketones (excluding diaryl/α,β-unsaturated/α-hetero) is 1. The van der Waals surface area contributed by atoms with Crippen LogP contribution in [0, 0.1) is 0 Å². The molecule has 0 radical (unpaired) electrons. The molecule has 1 aromatic carbocycles. The van der Waals surface area contributed by atoms with E-state index in [-0.39, 0.29) is 5.78 Å². The number of imidazole rings is 1. The topological polar surface area (TPSA) is 72.4 Å². The first-order valence-corrected chi connectivity index (χ1v) is 7.92. The molecule has 0 amide bonds. The predicted octanol–water partition coefficient (Wildman–Crippen LogP) is 3.80. The number of furan rings is 1. The van der Waals surface area contributed by atoms with Gasteiger partial charge < -0.3 is 9.73 Å². The Labute approximate surface area is 144 Å². The van der Waals surface area contributed by atoms with Crippen molar-refractivity contribution >= 4 is 17.2 Å². The monoisotopic (exact) mass is 332 g/mol. The molecule has 0 saturated carbocycles. The van der Waals surface area contributed by atoms with E-state index in [2.05, 4.69) is 15.3 Å². The molecule has 0 bridgehead atoms. The number of rotatable bonds is 5. The summed E-state index contributed by atoms with van der Waals surface area (Å²) in [6.07, 6.45) is 7.00. The summed E-state index contributed by atoms with van der Waals surface area (Å²) >= 11 is 0. The Bertz CT molecular complexity index is 1030. The lowest BCUT2D eigenvalue weighted by Gasteiger charge is -2.07. The quantitative estimate of drug-likeness (QED) is 0.563. The van der Waals surface area contributed by atoms with E-state index >= 15 is 0 Å². The minimum absolute atomic E-state index is 0.0399. The summed E-state index contributed by atoms with van der Waals surface area (Å²) in [6.45, 7) is 2.09. The standard InChI is InChI=1S/C19H16N4O2/c1-13(24)14-4-2-5-15(10-14)17-12-22-19-18(20-7-8-23(17)19)21-11-16-6-3-9-25-16/h2-10,12H,11H2,1H3,(H,20,21). The maximum absolute atomic E-state index is 11.6. The minimum Gasteiger partial charge on any atom is -0.467 e. The van der Waals surface area contributed by atoms with E-state index in [1.807, 2.05) is 47.0 Å². The van der Waals surface area contributed by atoms with Gasteiger partial charge in [-0.25, -0.2) is 9.97 Å². The number of fused-ring (bicyclic) bond motifs is 1. The van der Waals surface area contributed by atoms with Crippen LogP contribution < -0.4 is 5.32 Å². The van der Waals surface area contributed by atoms with Crippen molar-refractivity contribution in [2.75, 3.05) is 5.32 Å². The third-order valence-electron chi connectivity index (χ3n) is 4.00. The number of ketones is 1. The summed E-state index contributed by atoms with van der Waals surface area (Å²) in [6, 6.07) is 11.3. The third-order valence-corrected chi connectivity index (χ3v) is 4.00. The smallest absolute Gasteiger partial charge is 0.180 e. The summed E-state index contributed by atoms with van der Waals surface area (Å²) in [5, 5.41) is 3.24. The van der Waals surface area contributed by atoms with Gasteiger partial charge in [0, 0.05) is 23.5 Å². The lowest BCUT2D eigenvalue weighted by molar-refractivity contribution is 0.101. The fraction of sp³-hybridized carbons (Fsp3) is 0.105. The molecule has 4 aromatic rings. The Hall–Kier alpha value is -3.41. The van der Waals surface area contributed by atoms with Gasteiger partial charge in [0.05, 0.1) is 24.7 Å². The van der Waals surface area contributed by atoms with Crippen molar-refractivity contribution in [2.24, 2.45) is 0 Å². The fourth-order valence-corrected chi connectivity index (χ4v) is 2.74. The highest BCUT2D eigenvalue weighted by atomic mass is 16.3. The van der Waals surface area contributed by atoms with Crippen LogP contribution in [0.15, 0.2) is 65.7 Å². The molecule has 4 rings (SSSR count). The first kappa shape index (κ1) is 15.1. The lowest BCUT2D eigenvalue weighted by Crippen LogP contribution is -2.03. The molecule has 0 saturated heterocycles. The van der Waals surface area contributed by atoms with Crippen LogP contribution in [-0.2, 0) is 6.54 Å². The van der Waals surface area contributed by atoms with Crippen LogP contribution >= 0.6 is 0 Å². The molecule has 0 aliphatic heterocycles. The number of nitrogens with one attached hydrogen (secondary N) is 1. The van der Waals surface area contributed by atoms with Gasteiger partial charge in [-0.05, 0) is 25.1 Å². The van der Waals surface area contributed by atoms with Crippen molar-refractivity contribution in [2.45, 2.75) is 13.5 Å². The second kappa shape index (κ2) is 6.24. The van der Waals surface area contributed by atoms with Crippen LogP contribution in [0.2, 0.25) is 0 Å². The van der Waals surface area contributed by atoms with Crippen molar-refractivity contribution < 1.29 is 9.21 Å². The summed E-state index contributed by atoms with van der Waals surface area (Å²) in [7, 11) is 0. The second-order valence-corrected chi connectivity index (χ2v) is 5.68. The number of hydrogen-bond donors (Lipinski definition) is 1. The molecule has 25 heavy (non-hydrogen) atoms. The first-order chi connectivity index (χ1) is 12.2. The number of anilines is 1. The largest absolute Gasteiger partial charge is 0.467 e. The first-order valence-electron chi connectivity index (χ1n) is 7.92. The number of benzene rings is 1. The normalized spacial score (nSPS) is 10.9. The minimum atomic E-state index is 0.0399. The maximum atomic E-state index is 11.6. The number of carbonyl (C=O) groups excluding carboxylic acids is 1. The van der Waals surface area contributed by atoms with Crippen LogP contribution in [-0.4, -0.2) is 20.2 Å². The van der Waals surface area contributed by atoms with Gasteiger partial charge in [-0.1, -0.05) is 18.2 Å². The summed E-state index contributed by atoms with van der Waals surface area (Å²) < 4.78 is 7.28. The number of carbonyl (C=O) groups is 1. The van der Waals surface area contributed by atoms with E-state index in [0.29, 0.717) is 17.9 Å². The molecule has 6 nitrogen and oxygen atoms in total. The molecule has 6 heteroatoms. The Balaban J connectivity index is 1.71. The zero-order valence-corrected chi connectivity index (χ0v) is 13.6. The van der Waals surface area contributed by atoms with Crippen molar-refractivity contribution in [1.29, 1.82) is 0 Å². The van der Waals surface area contributed by atoms with Crippen molar-refractivity contribution in [3.05, 3.63) is 72.6 Å². The third kappa shape index (κ3) is 2.89. The maximum Gasteiger partial charge on any atom is 0.180 e. The van der Waals surface area contributed by atoms with E-state index < -0.39 is 0 Å². The number of nitrogens with zero attached hydrogens (tertiary/aromatic N) is 3. The van der Waals surface area contributed by atoms with Gasteiger partial charge in [-0.15, -0.1) is 0 Å². The Morgan fingerprint density at radius 2 is 2.16 bits per heavy atom. The van der Waals surface area contributed by atoms with Gasteiger partial charge in [0.2, 0.25) is 0 Å². The number of hydrogen-bond acceptors (Lipinski definition) is 5. The Morgan fingerprint density at radius 3 is 2.96 bits per heavy atom. The zero-order valence-electron chi connectivity index (χ0n) is 13.6. The highest BCUT2D eigenvalue weighted by Crippen LogP contribution is 2.24. The van der Waals surface area contributed by atoms with Crippen LogP contribution in [0.25, 0.3) is 16.9 Å². The second-order valence-electron chi connectivity index (χ2n) is 5.68. The highest BCUT2D eigenvalue weighted by molar-refractivity contribution is 5.95. The summed E-state index contributed by atoms with van der Waals surface area (Å²) in [5.41, 5.74) is 3.24. The van der Waals surface area contributed by atoms with Gasteiger partial charge in [0.15, 0.2) is 17.2 Å². The molecule has 124 valence electrons. The molecule has 0 fully saturated rings. The van der Waals surface area contributed by atoms with E-state index in [1.165, 1.54) is 0 Å². The SMILES string of the molecule is CC(=O)c1cccc(-c2cnc3c(NCc4ccco4)nccn23)c1. The van der Waals surface area contributed by atoms with E-state index in [1.54, 1.807) is 25.6 Å². The lowest BCUT2D eigenvalue weighted by atomic mass is 10.1. The predicted molar refractivity (Wildman–Crippen MR) is 94.5 cm³/mol.